The number of carbonyl (C=O) groups excluding carboxylic acids is 1. The van der Waals surface area contributed by atoms with Gasteiger partial charge in [0.2, 0.25) is 5.76 Å². The van der Waals surface area contributed by atoms with Gasteiger partial charge in [-0.3, -0.25) is 9.69 Å². The van der Waals surface area contributed by atoms with E-state index in [4.69, 9.17) is 4.52 Å². The van der Waals surface area contributed by atoms with Crippen molar-refractivity contribution in [2.24, 2.45) is 0 Å². The maximum Gasteiger partial charge on any atom is 0.290 e. The molecule has 6 heteroatoms. The van der Waals surface area contributed by atoms with E-state index in [1.165, 1.54) is 11.1 Å². The molecule has 31 heavy (non-hydrogen) atoms. The van der Waals surface area contributed by atoms with Gasteiger partial charge >= 0.3 is 0 Å². The van der Waals surface area contributed by atoms with Crippen LogP contribution in [-0.4, -0.2) is 53.6 Å². The van der Waals surface area contributed by atoms with E-state index in [-0.39, 0.29) is 11.7 Å². The first kappa shape index (κ1) is 21.3. The summed E-state index contributed by atoms with van der Waals surface area (Å²) < 4.78 is 5.30. The van der Waals surface area contributed by atoms with Crippen LogP contribution < -0.4 is 5.32 Å². The van der Waals surface area contributed by atoms with Gasteiger partial charge in [-0.25, -0.2) is 0 Å². The summed E-state index contributed by atoms with van der Waals surface area (Å²) in [7, 11) is 0. The number of nitrogens with zero attached hydrogens (tertiary/aromatic N) is 3. The minimum absolute atomic E-state index is 0.226. The summed E-state index contributed by atoms with van der Waals surface area (Å²) in [6.45, 7) is 11.1. The molecule has 1 aliphatic heterocycles. The SMILES string of the molecule is CCN1CCN(Cc2ccccc2CNC(=O)c2cc(-c3ccc(C)cc3)no2)CC1. The van der Waals surface area contributed by atoms with Crippen LogP contribution in [0.5, 0.6) is 0 Å². The summed E-state index contributed by atoms with van der Waals surface area (Å²) in [5, 5.41) is 7.04. The smallest absolute Gasteiger partial charge is 0.290 e. The largest absolute Gasteiger partial charge is 0.350 e. The van der Waals surface area contributed by atoms with Crippen LogP contribution in [0.2, 0.25) is 0 Å². The summed E-state index contributed by atoms with van der Waals surface area (Å²) in [5.41, 5.74) is 5.16. The standard InChI is InChI=1S/C25H30N4O2/c1-3-28-12-14-29(15-13-28)18-22-7-5-4-6-21(22)17-26-25(30)24-16-23(27-31-24)20-10-8-19(2)9-11-20/h4-11,16H,3,12-15,17-18H2,1-2H3,(H,26,30). The molecule has 162 valence electrons. The van der Waals surface area contributed by atoms with Gasteiger partial charge in [0.1, 0.15) is 5.69 Å². The van der Waals surface area contributed by atoms with Crippen molar-refractivity contribution in [3.05, 3.63) is 77.0 Å². The Morgan fingerprint density at radius 2 is 1.68 bits per heavy atom. The third-order valence-electron chi connectivity index (χ3n) is 5.95. The van der Waals surface area contributed by atoms with Crippen molar-refractivity contribution in [2.45, 2.75) is 26.9 Å². The Morgan fingerprint density at radius 3 is 2.39 bits per heavy atom. The lowest BCUT2D eigenvalue weighted by atomic mass is 10.1. The lowest BCUT2D eigenvalue weighted by Gasteiger charge is -2.34. The number of piperazine rings is 1. The zero-order chi connectivity index (χ0) is 21.6. The molecule has 3 aromatic rings. The van der Waals surface area contributed by atoms with Crippen molar-refractivity contribution in [3.63, 3.8) is 0 Å². The number of benzene rings is 2. The molecule has 1 amide bonds. The van der Waals surface area contributed by atoms with Crippen LogP contribution >= 0.6 is 0 Å². The first-order chi connectivity index (χ1) is 15.1. The Morgan fingerprint density at radius 1 is 1.00 bits per heavy atom. The topological polar surface area (TPSA) is 61.6 Å². The highest BCUT2D eigenvalue weighted by molar-refractivity contribution is 5.92. The van der Waals surface area contributed by atoms with Crippen molar-refractivity contribution in [3.8, 4) is 11.3 Å². The Balaban J connectivity index is 1.36. The van der Waals surface area contributed by atoms with Crippen molar-refractivity contribution in [2.75, 3.05) is 32.7 Å². The number of aromatic nitrogens is 1. The molecule has 1 aliphatic rings. The molecule has 1 saturated heterocycles. The van der Waals surface area contributed by atoms with Crippen LogP contribution in [0.25, 0.3) is 11.3 Å². The fourth-order valence-electron chi connectivity index (χ4n) is 3.89. The third kappa shape index (κ3) is 5.40. The molecule has 0 atom stereocenters. The van der Waals surface area contributed by atoms with Gasteiger partial charge in [-0.2, -0.15) is 0 Å². The van der Waals surface area contributed by atoms with Crippen molar-refractivity contribution >= 4 is 5.91 Å². The van der Waals surface area contributed by atoms with Gasteiger partial charge in [-0.15, -0.1) is 0 Å². The van der Waals surface area contributed by atoms with Crippen LogP contribution in [0.1, 0.15) is 34.2 Å². The number of likely N-dealkylation sites (N-methyl/N-ethyl adjacent to an activating group) is 1. The van der Waals surface area contributed by atoms with Gasteiger partial charge in [-0.1, -0.05) is 66.2 Å². The monoisotopic (exact) mass is 418 g/mol. The predicted molar refractivity (Wildman–Crippen MR) is 122 cm³/mol. The normalized spacial score (nSPS) is 15.2. The number of rotatable bonds is 7. The highest BCUT2D eigenvalue weighted by Crippen LogP contribution is 2.20. The molecule has 1 N–H and O–H groups in total. The van der Waals surface area contributed by atoms with Crippen LogP contribution in [0.4, 0.5) is 0 Å². The van der Waals surface area contributed by atoms with Crippen LogP contribution in [0, 0.1) is 6.92 Å². The molecule has 6 nitrogen and oxygen atoms in total. The summed E-state index contributed by atoms with van der Waals surface area (Å²) in [6, 6.07) is 18.0. The van der Waals surface area contributed by atoms with Crippen LogP contribution in [-0.2, 0) is 13.1 Å². The summed E-state index contributed by atoms with van der Waals surface area (Å²) >= 11 is 0. The molecule has 0 spiro atoms. The summed E-state index contributed by atoms with van der Waals surface area (Å²) in [4.78, 5) is 17.6. The molecular weight excluding hydrogens is 388 g/mol. The average Bonchev–Trinajstić information content (AvgIpc) is 3.30. The van der Waals surface area contributed by atoms with E-state index in [1.54, 1.807) is 6.07 Å². The molecule has 1 fully saturated rings. The van der Waals surface area contributed by atoms with E-state index in [1.807, 2.05) is 37.3 Å². The van der Waals surface area contributed by atoms with Crippen molar-refractivity contribution < 1.29 is 9.32 Å². The molecule has 0 aliphatic carbocycles. The van der Waals surface area contributed by atoms with Gasteiger partial charge in [-0.05, 0) is 24.6 Å². The molecule has 0 saturated carbocycles. The van der Waals surface area contributed by atoms with E-state index < -0.39 is 0 Å². The van der Waals surface area contributed by atoms with Crippen molar-refractivity contribution in [1.82, 2.24) is 20.3 Å². The maximum absolute atomic E-state index is 12.6. The first-order valence-electron chi connectivity index (χ1n) is 11.0. The quantitative estimate of drug-likeness (QED) is 0.634. The fourth-order valence-corrected chi connectivity index (χ4v) is 3.89. The highest BCUT2D eigenvalue weighted by atomic mass is 16.5. The first-order valence-corrected chi connectivity index (χ1v) is 11.0. The van der Waals surface area contributed by atoms with E-state index >= 15 is 0 Å². The predicted octanol–water partition coefficient (Wildman–Crippen LogP) is 3.72. The molecule has 4 rings (SSSR count). The molecule has 2 aromatic carbocycles. The Kier molecular flexibility index (Phi) is 6.79. The second-order valence-corrected chi connectivity index (χ2v) is 8.10. The van der Waals surface area contributed by atoms with Gasteiger partial charge in [0, 0.05) is 50.9 Å². The molecule has 1 aromatic heterocycles. The van der Waals surface area contributed by atoms with Crippen LogP contribution in [0.15, 0.2) is 59.1 Å². The Labute approximate surface area is 183 Å². The van der Waals surface area contributed by atoms with E-state index in [0.29, 0.717) is 12.2 Å². The number of aryl methyl sites for hydroxylation is 1. The van der Waals surface area contributed by atoms with Gasteiger partial charge in [0.15, 0.2) is 0 Å². The Hall–Kier alpha value is -2.96. The van der Waals surface area contributed by atoms with Gasteiger partial charge in [0.05, 0.1) is 0 Å². The zero-order valence-electron chi connectivity index (χ0n) is 18.3. The maximum atomic E-state index is 12.6. The molecule has 0 bridgehead atoms. The molecule has 0 radical (unpaired) electrons. The number of amides is 1. The lowest BCUT2D eigenvalue weighted by Crippen LogP contribution is -2.45. The number of hydrogen-bond donors (Lipinski definition) is 1. The van der Waals surface area contributed by atoms with Gasteiger partial charge < -0.3 is 14.7 Å². The second kappa shape index (κ2) is 9.90. The second-order valence-electron chi connectivity index (χ2n) is 8.10. The zero-order valence-corrected chi connectivity index (χ0v) is 18.3. The molecule has 2 heterocycles. The third-order valence-corrected chi connectivity index (χ3v) is 5.95. The number of nitrogens with one attached hydrogen (secondary N) is 1. The van der Waals surface area contributed by atoms with Gasteiger partial charge in [0.25, 0.3) is 5.91 Å². The Bertz CT molecular complexity index is 1000. The van der Waals surface area contributed by atoms with Crippen LogP contribution in [0.3, 0.4) is 0 Å². The number of hydrogen-bond acceptors (Lipinski definition) is 5. The fraction of sp³-hybridized carbons (Fsp3) is 0.360. The average molecular weight is 419 g/mol. The van der Waals surface area contributed by atoms with E-state index in [9.17, 15) is 4.79 Å². The minimum Gasteiger partial charge on any atom is -0.350 e. The summed E-state index contributed by atoms with van der Waals surface area (Å²) in [6.07, 6.45) is 0. The highest BCUT2D eigenvalue weighted by Gasteiger charge is 2.18. The molecule has 0 unspecified atom stereocenters. The van der Waals surface area contributed by atoms with E-state index in [2.05, 4.69) is 45.4 Å². The minimum atomic E-state index is -0.253. The van der Waals surface area contributed by atoms with Crippen molar-refractivity contribution in [1.29, 1.82) is 0 Å². The number of carbonyl (C=O) groups is 1. The summed E-state index contributed by atoms with van der Waals surface area (Å²) in [5.74, 6) is -0.0269. The lowest BCUT2D eigenvalue weighted by molar-refractivity contribution is 0.0913. The molecular formula is C25H30N4O2. The van der Waals surface area contributed by atoms with E-state index in [0.717, 1.165) is 50.4 Å².